The molecule has 0 saturated heterocycles. The summed E-state index contributed by atoms with van der Waals surface area (Å²) in [6, 6.07) is 21.3. The third kappa shape index (κ3) is 3.04. The quantitative estimate of drug-likeness (QED) is 0.443. The van der Waals surface area contributed by atoms with Crippen molar-refractivity contribution in [2.75, 3.05) is 0 Å². The number of ether oxygens (including phenoxy) is 1. The van der Waals surface area contributed by atoms with Gasteiger partial charge in [-0.1, -0.05) is 71.2 Å². The predicted octanol–water partition coefficient (Wildman–Crippen LogP) is 6.89. The van der Waals surface area contributed by atoms with E-state index in [1.165, 1.54) is 0 Å². The molecule has 2 unspecified atom stereocenters. The summed E-state index contributed by atoms with van der Waals surface area (Å²) < 4.78 is 6.32. The molecule has 2 heterocycles. The Labute approximate surface area is 178 Å². The van der Waals surface area contributed by atoms with Crippen molar-refractivity contribution in [3.8, 4) is 5.75 Å². The summed E-state index contributed by atoms with van der Waals surface area (Å²) in [5.74, 6) is 0.797. The minimum atomic E-state index is -0.440. The molecular formula is C22H15Cl3N2O. The van der Waals surface area contributed by atoms with Crippen LogP contribution in [0.4, 0.5) is 0 Å². The van der Waals surface area contributed by atoms with Gasteiger partial charge in [0.2, 0.25) is 6.23 Å². The zero-order chi connectivity index (χ0) is 19.3. The summed E-state index contributed by atoms with van der Waals surface area (Å²) in [4.78, 5) is 0. The lowest BCUT2D eigenvalue weighted by Crippen LogP contribution is -2.33. The lowest BCUT2D eigenvalue weighted by Gasteiger charge is -2.38. The van der Waals surface area contributed by atoms with E-state index in [-0.39, 0.29) is 6.04 Å². The predicted molar refractivity (Wildman–Crippen MR) is 113 cm³/mol. The van der Waals surface area contributed by atoms with Crippen LogP contribution in [-0.4, -0.2) is 10.7 Å². The number of rotatable bonds is 2. The van der Waals surface area contributed by atoms with E-state index in [0.717, 1.165) is 34.6 Å². The van der Waals surface area contributed by atoms with E-state index in [1.54, 1.807) is 6.07 Å². The molecular weight excluding hydrogens is 415 g/mol. The maximum atomic E-state index is 6.50. The van der Waals surface area contributed by atoms with Gasteiger partial charge >= 0.3 is 0 Å². The van der Waals surface area contributed by atoms with Gasteiger partial charge in [-0.3, -0.25) is 0 Å². The zero-order valence-electron chi connectivity index (χ0n) is 14.6. The summed E-state index contributed by atoms with van der Waals surface area (Å²) in [7, 11) is 0. The molecule has 0 fully saturated rings. The van der Waals surface area contributed by atoms with Crippen LogP contribution in [0.1, 0.15) is 35.4 Å². The Balaban J connectivity index is 1.63. The number of hydrogen-bond donors (Lipinski definition) is 0. The highest BCUT2D eigenvalue weighted by molar-refractivity contribution is 6.35. The standard InChI is InChI=1S/C22H15Cl3N2O/c23-14-7-9-21-17(10-14)20-12-19(13-4-2-1-3-5-13)26-27(20)22(28-21)16-8-6-15(24)11-18(16)25/h1-11,20,22H,12H2. The summed E-state index contributed by atoms with van der Waals surface area (Å²) in [5, 5.41) is 8.72. The Bertz CT molecular complexity index is 1080. The molecule has 3 nitrogen and oxygen atoms in total. The molecule has 0 radical (unpaired) electrons. The molecule has 2 aliphatic heterocycles. The van der Waals surface area contributed by atoms with Gasteiger partial charge < -0.3 is 4.74 Å². The monoisotopic (exact) mass is 428 g/mol. The number of fused-ring (bicyclic) bond motifs is 3. The van der Waals surface area contributed by atoms with Crippen LogP contribution in [0.5, 0.6) is 5.75 Å². The van der Waals surface area contributed by atoms with Gasteiger partial charge in [0, 0.05) is 27.6 Å². The van der Waals surface area contributed by atoms with E-state index >= 15 is 0 Å². The fraction of sp³-hybridized carbons (Fsp3) is 0.136. The molecule has 0 amide bonds. The van der Waals surface area contributed by atoms with E-state index in [1.807, 2.05) is 53.5 Å². The van der Waals surface area contributed by atoms with Crippen molar-refractivity contribution in [1.82, 2.24) is 5.01 Å². The topological polar surface area (TPSA) is 24.8 Å². The summed E-state index contributed by atoms with van der Waals surface area (Å²) in [5.41, 5.74) is 3.97. The molecule has 140 valence electrons. The van der Waals surface area contributed by atoms with Crippen LogP contribution in [0, 0.1) is 0 Å². The zero-order valence-corrected chi connectivity index (χ0v) is 16.9. The average Bonchev–Trinajstić information content (AvgIpc) is 3.14. The van der Waals surface area contributed by atoms with Crippen LogP contribution in [0.15, 0.2) is 71.8 Å². The normalized spacial score (nSPS) is 20.2. The van der Waals surface area contributed by atoms with Gasteiger partial charge in [0.05, 0.1) is 16.8 Å². The van der Waals surface area contributed by atoms with E-state index in [4.69, 9.17) is 44.6 Å². The second-order valence-electron chi connectivity index (χ2n) is 6.83. The Kier molecular flexibility index (Phi) is 4.47. The van der Waals surface area contributed by atoms with Gasteiger partial charge in [-0.15, -0.1) is 0 Å². The van der Waals surface area contributed by atoms with Crippen molar-refractivity contribution < 1.29 is 4.74 Å². The molecule has 3 aromatic carbocycles. The van der Waals surface area contributed by atoms with Gasteiger partial charge in [-0.2, -0.15) is 5.10 Å². The van der Waals surface area contributed by atoms with Crippen LogP contribution in [-0.2, 0) is 0 Å². The number of benzene rings is 3. The third-order valence-electron chi connectivity index (χ3n) is 5.09. The molecule has 0 bridgehead atoms. The van der Waals surface area contributed by atoms with Crippen molar-refractivity contribution in [2.45, 2.75) is 18.7 Å². The Morgan fingerprint density at radius 1 is 0.857 bits per heavy atom. The van der Waals surface area contributed by atoms with Crippen molar-refractivity contribution in [1.29, 1.82) is 0 Å². The van der Waals surface area contributed by atoms with Crippen molar-refractivity contribution in [3.63, 3.8) is 0 Å². The molecule has 0 saturated carbocycles. The largest absolute Gasteiger partial charge is 0.464 e. The lowest BCUT2D eigenvalue weighted by atomic mass is 9.96. The first-order valence-electron chi connectivity index (χ1n) is 8.92. The second kappa shape index (κ2) is 7.00. The van der Waals surface area contributed by atoms with Crippen molar-refractivity contribution in [2.24, 2.45) is 5.10 Å². The van der Waals surface area contributed by atoms with Crippen molar-refractivity contribution >= 4 is 40.5 Å². The van der Waals surface area contributed by atoms with E-state index in [9.17, 15) is 0 Å². The van der Waals surface area contributed by atoms with E-state index in [0.29, 0.717) is 15.1 Å². The molecule has 0 N–H and O–H groups in total. The average molecular weight is 430 g/mol. The third-order valence-corrected chi connectivity index (χ3v) is 5.88. The summed E-state index contributed by atoms with van der Waals surface area (Å²) in [6.45, 7) is 0. The smallest absolute Gasteiger partial charge is 0.215 e. The Morgan fingerprint density at radius 3 is 2.39 bits per heavy atom. The fourth-order valence-corrected chi connectivity index (χ4v) is 4.45. The number of halogens is 3. The van der Waals surface area contributed by atoms with E-state index in [2.05, 4.69) is 12.1 Å². The van der Waals surface area contributed by atoms with Crippen LogP contribution >= 0.6 is 34.8 Å². The second-order valence-corrected chi connectivity index (χ2v) is 8.11. The summed E-state index contributed by atoms with van der Waals surface area (Å²) >= 11 is 18.9. The first-order chi connectivity index (χ1) is 13.6. The maximum absolute atomic E-state index is 6.50. The molecule has 2 aliphatic rings. The highest BCUT2D eigenvalue weighted by atomic mass is 35.5. The molecule has 0 aliphatic carbocycles. The van der Waals surface area contributed by atoms with Gasteiger partial charge in [0.25, 0.3) is 0 Å². The first-order valence-corrected chi connectivity index (χ1v) is 10.1. The molecule has 3 aromatic rings. The minimum absolute atomic E-state index is 0.0226. The molecule has 28 heavy (non-hydrogen) atoms. The van der Waals surface area contributed by atoms with Gasteiger partial charge in [0.1, 0.15) is 5.75 Å². The molecule has 0 spiro atoms. The van der Waals surface area contributed by atoms with Gasteiger partial charge in [-0.05, 0) is 35.9 Å². The van der Waals surface area contributed by atoms with Gasteiger partial charge in [-0.25, -0.2) is 5.01 Å². The molecule has 5 rings (SSSR count). The molecule has 2 atom stereocenters. The van der Waals surface area contributed by atoms with Crippen LogP contribution in [0.3, 0.4) is 0 Å². The first kappa shape index (κ1) is 17.9. The highest BCUT2D eigenvalue weighted by Gasteiger charge is 2.41. The molecule has 0 aromatic heterocycles. The van der Waals surface area contributed by atoms with Crippen LogP contribution in [0.25, 0.3) is 0 Å². The highest BCUT2D eigenvalue weighted by Crippen LogP contribution is 2.49. The fourth-order valence-electron chi connectivity index (χ4n) is 3.77. The number of hydrazone groups is 1. The Hall–Kier alpha value is -2.20. The van der Waals surface area contributed by atoms with Gasteiger partial charge in [0.15, 0.2) is 0 Å². The van der Waals surface area contributed by atoms with Crippen LogP contribution < -0.4 is 4.74 Å². The van der Waals surface area contributed by atoms with E-state index < -0.39 is 6.23 Å². The minimum Gasteiger partial charge on any atom is -0.464 e. The molecule has 6 heteroatoms. The Morgan fingerprint density at radius 2 is 1.61 bits per heavy atom. The van der Waals surface area contributed by atoms with Crippen LogP contribution in [0.2, 0.25) is 15.1 Å². The number of hydrogen-bond acceptors (Lipinski definition) is 3. The van der Waals surface area contributed by atoms with Crippen molar-refractivity contribution in [3.05, 3.63) is 98.5 Å². The summed E-state index contributed by atoms with van der Waals surface area (Å²) in [6.07, 6.45) is 0.326. The lowest BCUT2D eigenvalue weighted by molar-refractivity contribution is -0.0189. The maximum Gasteiger partial charge on any atom is 0.215 e. The SMILES string of the molecule is Clc1ccc(C2Oc3ccc(Cl)cc3C3CC(c4ccccc4)=NN32)c(Cl)c1. The number of nitrogens with zero attached hydrogens (tertiary/aromatic N) is 2.